The van der Waals surface area contributed by atoms with Crippen LogP contribution in [0.4, 0.5) is 0 Å². The van der Waals surface area contributed by atoms with Crippen LogP contribution in [0.15, 0.2) is 0 Å². The van der Waals surface area contributed by atoms with Gasteiger partial charge in [-0.25, -0.2) is 0 Å². The van der Waals surface area contributed by atoms with Crippen LogP contribution in [-0.4, -0.2) is 29.3 Å². The van der Waals surface area contributed by atoms with E-state index >= 15 is 0 Å². The van der Waals surface area contributed by atoms with E-state index in [1.165, 1.54) is 25.7 Å². The molecule has 0 amide bonds. The van der Waals surface area contributed by atoms with E-state index in [0.717, 1.165) is 31.6 Å². The van der Waals surface area contributed by atoms with Gasteiger partial charge in [0.05, 0.1) is 6.10 Å². The van der Waals surface area contributed by atoms with Crippen LogP contribution in [0.1, 0.15) is 72.1 Å². The molecule has 25 heavy (non-hydrogen) atoms. The first-order valence-corrected chi connectivity index (χ1v) is 10.4. The van der Waals surface area contributed by atoms with E-state index in [4.69, 9.17) is 10.5 Å². The van der Waals surface area contributed by atoms with Gasteiger partial charge in [0.25, 0.3) is 0 Å². The molecule has 0 bridgehead atoms. The highest BCUT2D eigenvalue weighted by Crippen LogP contribution is 2.66. The monoisotopic (exact) mass is 349 g/mol. The van der Waals surface area contributed by atoms with E-state index in [0.29, 0.717) is 17.8 Å². The molecule has 4 saturated carbocycles. The van der Waals surface area contributed by atoms with Crippen LogP contribution in [0.5, 0.6) is 0 Å². The predicted octanol–water partition coefficient (Wildman–Crippen LogP) is 3.26. The Balaban J connectivity index is 1.58. The van der Waals surface area contributed by atoms with Gasteiger partial charge in [0.15, 0.2) is 0 Å². The molecule has 4 fully saturated rings. The van der Waals surface area contributed by atoms with Gasteiger partial charge in [-0.2, -0.15) is 0 Å². The fourth-order valence-corrected chi connectivity index (χ4v) is 7.67. The molecule has 0 heterocycles. The molecule has 9 atom stereocenters. The number of aliphatic hydroxyl groups is 1. The van der Waals surface area contributed by atoms with Crippen molar-refractivity contribution in [3.05, 3.63) is 0 Å². The van der Waals surface area contributed by atoms with Gasteiger partial charge in [0, 0.05) is 18.4 Å². The molecule has 3 N–H and O–H groups in total. The molecule has 0 unspecified atom stereocenters. The van der Waals surface area contributed by atoms with Crippen LogP contribution in [-0.2, 0) is 9.53 Å². The Morgan fingerprint density at radius 3 is 2.52 bits per heavy atom. The summed E-state index contributed by atoms with van der Waals surface area (Å²) >= 11 is 0. The first-order chi connectivity index (χ1) is 11.8. The van der Waals surface area contributed by atoms with E-state index in [-0.39, 0.29) is 35.0 Å². The number of rotatable bonds is 1. The van der Waals surface area contributed by atoms with Crippen LogP contribution in [0, 0.1) is 34.5 Å². The highest BCUT2D eigenvalue weighted by atomic mass is 16.5. The highest BCUT2D eigenvalue weighted by molar-refractivity contribution is 5.66. The summed E-state index contributed by atoms with van der Waals surface area (Å²) in [6.07, 6.45) is 8.75. The van der Waals surface area contributed by atoms with Gasteiger partial charge in [-0.05, 0) is 80.5 Å². The van der Waals surface area contributed by atoms with E-state index in [2.05, 4.69) is 13.8 Å². The van der Waals surface area contributed by atoms with Crippen molar-refractivity contribution in [3.8, 4) is 0 Å². The summed E-state index contributed by atoms with van der Waals surface area (Å²) in [6.45, 7) is 6.35. The van der Waals surface area contributed by atoms with Crippen LogP contribution >= 0.6 is 0 Å². The number of nitrogens with two attached hydrogens (primary N) is 1. The molecule has 4 rings (SSSR count). The summed E-state index contributed by atoms with van der Waals surface area (Å²) < 4.78 is 5.73. The molecule has 0 aromatic carbocycles. The van der Waals surface area contributed by atoms with Crippen molar-refractivity contribution in [2.45, 2.75) is 90.4 Å². The van der Waals surface area contributed by atoms with E-state index in [1.807, 2.05) is 0 Å². The van der Waals surface area contributed by atoms with Gasteiger partial charge < -0.3 is 15.6 Å². The van der Waals surface area contributed by atoms with Crippen molar-refractivity contribution < 1.29 is 14.6 Å². The van der Waals surface area contributed by atoms with Gasteiger partial charge in [0.2, 0.25) is 0 Å². The van der Waals surface area contributed by atoms with Crippen molar-refractivity contribution >= 4 is 5.97 Å². The van der Waals surface area contributed by atoms with Gasteiger partial charge in [-0.15, -0.1) is 0 Å². The third-order valence-electron chi connectivity index (χ3n) is 8.99. The lowest BCUT2D eigenvalue weighted by Crippen LogP contribution is -2.58. The lowest BCUT2D eigenvalue weighted by molar-refractivity contribution is -0.164. The molecular weight excluding hydrogens is 314 g/mol. The van der Waals surface area contributed by atoms with Crippen LogP contribution in [0.2, 0.25) is 0 Å². The lowest BCUT2D eigenvalue weighted by Gasteiger charge is -2.61. The summed E-state index contributed by atoms with van der Waals surface area (Å²) in [7, 11) is 0. The summed E-state index contributed by atoms with van der Waals surface area (Å²) in [5.41, 5.74) is 6.57. The van der Waals surface area contributed by atoms with Crippen LogP contribution in [0.25, 0.3) is 0 Å². The van der Waals surface area contributed by atoms with Crippen molar-refractivity contribution in [2.75, 3.05) is 0 Å². The summed E-state index contributed by atoms with van der Waals surface area (Å²) in [4.78, 5) is 11.5. The Morgan fingerprint density at radius 2 is 1.80 bits per heavy atom. The standard InChI is InChI=1S/C21H35NO3/c1-12(23)25-19-7-6-15-14-5-4-13-10-17(22)18(24)11-21(13,3)16(14)8-9-20(15,19)2/h13-19,24H,4-11,22H2,1-3H3/t13-,14-,15-,16-,17+,18-,19-,20-,21-/m0/s1. The zero-order chi connectivity index (χ0) is 18.0. The third-order valence-corrected chi connectivity index (χ3v) is 8.99. The second kappa shape index (κ2) is 5.95. The average Bonchev–Trinajstić information content (AvgIpc) is 2.85. The third kappa shape index (κ3) is 2.58. The Bertz CT molecular complexity index is 551. The maximum atomic E-state index is 11.5. The molecule has 0 radical (unpaired) electrons. The van der Waals surface area contributed by atoms with Crippen molar-refractivity contribution in [3.63, 3.8) is 0 Å². The summed E-state index contributed by atoms with van der Waals surface area (Å²) in [5.74, 6) is 2.63. The zero-order valence-electron chi connectivity index (χ0n) is 16.0. The number of hydrogen-bond acceptors (Lipinski definition) is 4. The Kier molecular flexibility index (Phi) is 4.23. The molecule has 0 aromatic rings. The van der Waals surface area contributed by atoms with E-state index in [1.54, 1.807) is 6.92 Å². The number of fused-ring (bicyclic) bond motifs is 5. The quantitative estimate of drug-likeness (QED) is 0.713. The van der Waals surface area contributed by atoms with E-state index < -0.39 is 0 Å². The molecule has 4 aliphatic carbocycles. The van der Waals surface area contributed by atoms with Crippen molar-refractivity contribution in [1.29, 1.82) is 0 Å². The summed E-state index contributed by atoms with van der Waals surface area (Å²) in [5, 5.41) is 10.5. The second-order valence-corrected chi connectivity index (χ2v) is 10.0. The minimum absolute atomic E-state index is 0.0386. The topological polar surface area (TPSA) is 72.5 Å². The van der Waals surface area contributed by atoms with Crippen LogP contribution < -0.4 is 5.73 Å². The van der Waals surface area contributed by atoms with Crippen molar-refractivity contribution in [2.24, 2.45) is 40.2 Å². The van der Waals surface area contributed by atoms with Gasteiger partial charge in [0.1, 0.15) is 6.10 Å². The number of carbonyl (C=O) groups is 1. The molecule has 0 saturated heterocycles. The highest BCUT2D eigenvalue weighted by Gasteiger charge is 2.61. The molecule has 4 aliphatic rings. The molecule has 4 nitrogen and oxygen atoms in total. The minimum Gasteiger partial charge on any atom is -0.462 e. The molecule has 142 valence electrons. The molecule has 0 aliphatic heterocycles. The first-order valence-electron chi connectivity index (χ1n) is 10.4. The fraction of sp³-hybridized carbons (Fsp3) is 0.952. The minimum atomic E-state index is -0.342. The number of ether oxygens (including phenoxy) is 1. The fourth-order valence-electron chi connectivity index (χ4n) is 7.67. The molecule has 4 heteroatoms. The number of hydrogen-bond donors (Lipinski definition) is 2. The maximum absolute atomic E-state index is 11.5. The maximum Gasteiger partial charge on any atom is 0.302 e. The second-order valence-electron chi connectivity index (χ2n) is 10.0. The van der Waals surface area contributed by atoms with Crippen molar-refractivity contribution in [1.82, 2.24) is 0 Å². The SMILES string of the molecule is CC(=O)O[C@H]1CC[C@H]2[C@@H]3CC[C@H]4C[C@@H](N)[C@@H](O)C[C@]4(C)[C@H]3CC[C@]12C. The zero-order valence-corrected chi connectivity index (χ0v) is 16.0. The lowest BCUT2D eigenvalue weighted by atomic mass is 9.44. The predicted molar refractivity (Wildman–Crippen MR) is 96.6 cm³/mol. The number of carbonyl (C=O) groups excluding carboxylic acids is 1. The number of esters is 1. The van der Waals surface area contributed by atoms with Gasteiger partial charge >= 0.3 is 5.97 Å². The molecule has 0 spiro atoms. The van der Waals surface area contributed by atoms with Crippen LogP contribution in [0.3, 0.4) is 0 Å². The van der Waals surface area contributed by atoms with Gasteiger partial charge in [-0.3, -0.25) is 4.79 Å². The average molecular weight is 350 g/mol. The Morgan fingerprint density at radius 1 is 1.08 bits per heavy atom. The number of aliphatic hydroxyl groups excluding tert-OH is 1. The normalized spacial score (nSPS) is 55.0. The molecule has 0 aromatic heterocycles. The molecular formula is C21H35NO3. The largest absolute Gasteiger partial charge is 0.462 e. The van der Waals surface area contributed by atoms with E-state index in [9.17, 15) is 9.90 Å². The Hall–Kier alpha value is -0.610. The smallest absolute Gasteiger partial charge is 0.302 e. The first kappa shape index (κ1) is 17.8. The van der Waals surface area contributed by atoms with Gasteiger partial charge in [-0.1, -0.05) is 13.8 Å². The summed E-state index contributed by atoms with van der Waals surface area (Å²) in [6, 6.07) is -0.0386. The Labute approximate surface area is 151 Å².